The maximum Gasteiger partial charge on any atom is 0.272 e. The highest BCUT2D eigenvalue weighted by Gasteiger charge is 2.22. The van der Waals surface area contributed by atoms with E-state index in [1.807, 2.05) is 43.4 Å². The molecule has 26 heavy (non-hydrogen) atoms. The summed E-state index contributed by atoms with van der Waals surface area (Å²) in [4.78, 5) is 20.8. The molecule has 2 aromatic heterocycles. The Balaban J connectivity index is 1.48. The van der Waals surface area contributed by atoms with Gasteiger partial charge in [-0.2, -0.15) is 0 Å². The number of pyridine rings is 1. The van der Waals surface area contributed by atoms with Gasteiger partial charge in [-0.1, -0.05) is 24.3 Å². The van der Waals surface area contributed by atoms with Gasteiger partial charge in [0.1, 0.15) is 11.5 Å². The predicted molar refractivity (Wildman–Crippen MR) is 96.7 cm³/mol. The zero-order chi connectivity index (χ0) is 18.1. The first-order chi connectivity index (χ1) is 12.6. The van der Waals surface area contributed by atoms with Crippen molar-refractivity contribution < 1.29 is 9.21 Å². The molecule has 1 aromatic carbocycles. The van der Waals surface area contributed by atoms with Gasteiger partial charge < -0.3 is 14.2 Å². The third-order valence-corrected chi connectivity index (χ3v) is 4.46. The van der Waals surface area contributed by atoms with Gasteiger partial charge in [0.2, 0.25) is 11.8 Å². The predicted octanol–water partition coefficient (Wildman–Crippen LogP) is 2.40. The summed E-state index contributed by atoms with van der Waals surface area (Å²) in [5.74, 6) is 1.54. The molecule has 0 aliphatic carbocycles. The summed E-state index contributed by atoms with van der Waals surface area (Å²) in [6, 6.07) is 13.3. The van der Waals surface area contributed by atoms with Crippen molar-refractivity contribution in [2.45, 2.75) is 13.0 Å². The van der Waals surface area contributed by atoms with Crippen LogP contribution in [0.15, 0.2) is 46.9 Å². The molecule has 0 radical (unpaired) electrons. The highest BCUT2D eigenvalue weighted by atomic mass is 16.4. The van der Waals surface area contributed by atoms with Gasteiger partial charge in [-0.25, -0.2) is 4.98 Å². The molecule has 1 aliphatic heterocycles. The Kier molecular flexibility index (Phi) is 4.12. The van der Waals surface area contributed by atoms with E-state index < -0.39 is 0 Å². The molecule has 3 heterocycles. The lowest BCUT2D eigenvalue weighted by atomic mass is 10.2. The van der Waals surface area contributed by atoms with Crippen molar-refractivity contribution in [2.24, 2.45) is 0 Å². The number of carbonyl (C=O) groups is 1. The second kappa shape index (κ2) is 6.59. The molecule has 7 nitrogen and oxygen atoms in total. The molecule has 0 unspecified atom stereocenters. The van der Waals surface area contributed by atoms with E-state index in [2.05, 4.69) is 20.1 Å². The molecule has 0 saturated carbocycles. The molecule has 0 saturated heterocycles. The van der Waals surface area contributed by atoms with Crippen molar-refractivity contribution in [3.05, 3.63) is 59.6 Å². The van der Waals surface area contributed by atoms with Gasteiger partial charge >= 0.3 is 0 Å². The first-order valence-corrected chi connectivity index (χ1v) is 8.46. The zero-order valence-corrected chi connectivity index (χ0v) is 14.7. The van der Waals surface area contributed by atoms with E-state index in [4.69, 9.17) is 4.42 Å². The Hall–Kier alpha value is -3.22. The fourth-order valence-corrected chi connectivity index (χ4v) is 3.00. The minimum Gasteiger partial charge on any atom is -0.419 e. The Morgan fingerprint density at radius 1 is 1.19 bits per heavy atom. The van der Waals surface area contributed by atoms with Crippen LogP contribution in [0.5, 0.6) is 0 Å². The average molecular weight is 349 g/mol. The monoisotopic (exact) mass is 349 g/mol. The molecule has 0 spiro atoms. The smallest absolute Gasteiger partial charge is 0.272 e. The summed E-state index contributed by atoms with van der Waals surface area (Å²) in [7, 11) is 3.69. The van der Waals surface area contributed by atoms with Gasteiger partial charge in [-0.3, -0.25) is 4.79 Å². The van der Waals surface area contributed by atoms with Crippen LogP contribution in [-0.4, -0.2) is 46.6 Å². The lowest BCUT2D eigenvalue weighted by Gasteiger charge is -2.16. The molecule has 1 amide bonds. The number of hydrogen-bond donors (Lipinski definition) is 0. The summed E-state index contributed by atoms with van der Waals surface area (Å²) < 4.78 is 5.67. The quantitative estimate of drug-likeness (QED) is 0.720. The van der Waals surface area contributed by atoms with Crippen LogP contribution >= 0.6 is 0 Å². The lowest BCUT2D eigenvalue weighted by molar-refractivity contribution is 0.0767. The van der Waals surface area contributed by atoms with Crippen molar-refractivity contribution in [1.82, 2.24) is 20.1 Å². The van der Waals surface area contributed by atoms with Gasteiger partial charge in [0.05, 0.1) is 6.54 Å². The second-order valence-electron chi connectivity index (χ2n) is 6.38. The van der Waals surface area contributed by atoms with Crippen LogP contribution < -0.4 is 4.90 Å². The average Bonchev–Trinajstić information content (AvgIpc) is 3.28. The third-order valence-electron chi connectivity index (χ3n) is 4.46. The molecule has 4 rings (SSSR count). The van der Waals surface area contributed by atoms with Crippen LogP contribution in [0.1, 0.15) is 21.9 Å². The largest absolute Gasteiger partial charge is 0.419 e. The summed E-state index contributed by atoms with van der Waals surface area (Å²) in [5, 5.41) is 8.09. The van der Waals surface area contributed by atoms with E-state index in [1.165, 1.54) is 10.5 Å². The third kappa shape index (κ3) is 3.03. The molecule has 7 heteroatoms. The fraction of sp³-hybridized carbons (Fsp3) is 0.263. The maximum absolute atomic E-state index is 12.7. The van der Waals surface area contributed by atoms with Crippen molar-refractivity contribution in [3.8, 4) is 11.5 Å². The van der Waals surface area contributed by atoms with Crippen LogP contribution in [-0.2, 0) is 13.0 Å². The number of likely N-dealkylation sites (N-methyl/N-ethyl adjacent to an activating group) is 1. The number of aromatic nitrogens is 3. The van der Waals surface area contributed by atoms with E-state index in [0.29, 0.717) is 17.5 Å². The Bertz CT molecular complexity index is 938. The number of nitrogens with zero attached hydrogens (tertiary/aromatic N) is 5. The summed E-state index contributed by atoms with van der Waals surface area (Å²) >= 11 is 0. The molecular weight excluding hydrogens is 330 g/mol. The lowest BCUT2D eigenvalue weighted by Crippen LogP contribution is -2.27. The standard InChI is InChI=1S/C19H19N5O2/c1-23-11-10-13-8-9-15(20-17(13)23)19(25)24(2)12-16-21-22-18(26-16)14-6-4-3-5-7-14/h3-9H,10-12H2,1-2H3. The molecule has 132 valence electrons. The summed E-state index contributed by atoms with van der Waals surface area (Å²) in [6.07, 6.45) is 0.966. The zero-order valence-electron chi connectivity index (χ0n) is 14.7. The van der Waals surface area contributed by atoms with Gasteiger partial charge in [0.25, 0.3) is 5.91 Å². The van der Waals surface area contributed by atoms with Crippen LogP contribution in [0.3, 0.4) is 0 Å². The summed E-state index contributed by atoms with van der Waals surface area (Å²) in [6.45, 7) is 1.16. The molecule has 0 fully saturated rings. The van der Waals surface area contributed by atoms with Gasteiger partial charge in [0, 0.05) is 26.2 Å². The Morgan fingerprint density at radius 3 is 2.81 bits per heavy atom. The molecule has 1 aliphatic rings. The Labute approximate surface area is 151 Å². The van der Waals surface area contributed by atoms with Crippen LogP contribution in [0.25, 0.3) is 11.5 Å². The van der Waals surface area contributed by atoms with Gasteiger partial charge in [-0.05, 0) is 30.2 Å². The topological polar surface area (TPSA) is 75.4 Å². The fourth-order valence-electron chi connectivity index (χ4n) is 3.00. The Morgan fingerprint density at radius 2 is 2.00 bits per heavy atom. The first kappa shape index (κ1) is 16.3. The molecule has 0 N–H and O–H groups in total. The minimum absolute atomic E-state index is 0.174. The molecular formula is C19H19N5O2. The number of anilines is 1. The van der Waals surface area contributed by atoms with Crippen LogP contribution in [0.4, 0.5) is 5.82 Å². The summed E-state index contributed by atoms with van der Waals surface area (Å²) in [5.41, 5.74) is 2.45. The normalized spacial score (nSPS) is 12.9. The number of hydrogen-bond acceptors (Lipinski definition) is 6. The van der Waals surface area contributed by atoms with Crippen molar-refractivity contribution >= 4 is 11.7 Å². The van der Waals surface area contributed by atoms with Crippen LogP contribution in [0, 0.1) is 0 Å². The SMILES string of the molecule is CN(Cc1nnc(-c2ccccc2)o1)C(=O)c1ccc2c(n1)N(C)CC2. The minimum atomic E-state index is -0.174. The van der Waals surface area contributed by atoms with E-state index >= 15 is 0 Å². The number of rotatable bonds is 4. The van der Waals surface area contributed by atoms with Crippen molar-refractivity contribution in [3.63, 3.8) is 0 Å². The highest BCUT2D eigenvalue weighted by molar-refractivity contribution is 5.92. The van der Waals surface area contributed by atoms with E-state index in [-0.39, 0.29) is 12.5 Å². The molecule has 0 bridgehead atoms. The highest BCUT2D eigenvalue weighted by Crippen LogP contribution is 2.25. The first-order valence-electron chi connectivity index (χ1n) is 8.46. The van der Waals surface area contributed by atoms with E-state index in [0.717, 1.165) is 24.3 Å². The maximum atomic E-state index is 12.7. The van der Waals surface area contributed by atoms with E-state index in [9.17, 15) is 4.79 Å². The molecule has 0 atom stereocenters. The number of fused-ring (bicyclic) bond motifs is 1. The van der Waals surface area contributed by atoms with Gasteiger partial charge in [0.15, 0.2) is 0 Å². The number of benzene rings is 1. The van der Waals surface area contributed by atoms with Crippen molar-refractivity contribution in [2.75, 3.05) is 25.5 Å². The van der Waals surface area contributed by atoms with Gasteiger partial charge in [-0.15, -0.1) is 10.2 Å². The van der Waals surface area contributed by atoms with Crippen molar-refractivity contribution in [1.29, 1.82) is 0 Å². The molecule has 3 aromatic rings. The van der Waals surface area contributed by atoms with E-state index in [1.54, 1.807) is 13.1 Å². The second-order valence-corrected chi connectivity index (χ2v) is 6.38. The number of amides is 1. The number of carbonyl (C=O) groups excluding carboxylic acids is 1. The van der Waals surface area contributed by atoms with Crippen LogP contribution in [0.2, 0.25) is 0 Å².